The van der Waals surface area contributed by atoms with Crippen molar-refractivity contribution in [2.75, 3.05) is 13.1 Å². The second kappa shape index (κ2) is 23.4. The molecule has 2 aromatic carbocycles. The predicted octanol–water partition coefficient (Wildman–Crippen LogP) is 6.08. The van der Waals surface area contributed by atoms with Crippen LogP contribution in [0.5, 0.6) is 0 Å². The average molecular weight is 865 g/mol. The number of amides is 4. The van der Waals surface area contributed by atoms with Crippen LogP contribution in [-0.4, -0.2) is 97.8 Å². The van der Waals surface area contributed by atoms with E-state index in [1.54, 1.807) is 16.0 Å². The number of aliphatic hydroxyl groups excluding tert-OH is 1. The molecule has 63 heavy (non-hydrogen) atoms. The third kappa shape index (κ3) is 13.4. The molecule has 3 aromatic rings. The van der Waals surface area contributed by atoms with E-state index in [4.69, 9.17) is 4.74 Å². The summed E-state index contributed by atoms with van der Waals surface area (Å²) in [7, 11) is 0. The van der Waals surface area contributed by atoms with Crippen molar-refractivity contribution in [1.82, 2.24) is 30.4 Å². The third-order valence-electron chi connectivity index (χ3n) is 13.4. The minimum atomic E-state index is -1.05. The van der Waals surface area contributed by atoms with Gasteiger partial charge in [0, 0.05) is 32.1 Å². The Bertz CT molecular complexity index is 1940. The molecule has 3 fully saturated rings. The number of hydrogen-bond acceptors (Lipinski definition) is 8. The lowest BCUT2D eigenvalue weighted by atomic mass is 9.81. The number of allylic oxidation sites excluding steroid dienone is 1. The standard InChI is InChI=1S/C50H68N6O7/c1-4-38(34(2)3)28-45(57)41(27-36-18-10-6-11-19-36)53-48(60)42(30-40-31-51-33-52-40)54-47(59)39(26-35-16-8-5-9-17-35)29-46(58)55-24-14-22-43(55)49(61)56-25-15-23-44(56)50(62)63-32-37-20-12-7-13-21-37/h4-5,7-9,12-13,16-17,20-21,31,33-34,36,38-39,41-45,57H,1,6,10-11,14-15,18-19,22-30,32H2,2-3H3,(H,51,52)(H,53,60)(H,54,59)/t38-,39+,41+,42+,43+,44+,45+/m1/s1. The molecule has 3 aliphatic rings. The topological polar surface area (TPSA) is 174 Å². The van der Waals surface area contributed by atoms with E-state index in [1.807, 2.05) is 66.7 Å². The van der Waals surface area contributed by atoms with Gasteiger partial charge in [0.2, 0.25) is 23.6 Å². The second-order valence-electron chi connectivity index (χ2n) is 18.2. The quantitative estimate of drug-likeness (QED) is 0.0738. The zero-order valence-corrected chi connectivity index (χ0v) is 37.2. The summed E-state index contributed by atoms with van der Waals surface area (Å²) < 4.78 is 5.63. The highest BCUT2D eigenvalue weighted by Gasteiger charge is 2.43. The SMILES string of the molecule is C=C[C@H](C[C@H](O)[C@H](CC1CCCCC1)NC(=O)[C@H](Cc1c[nH]cn1)NC(=O)[C@H](CC(=O)N1CCC[C@H]1C(=O)N1CCC[C@H]1C(=O)OCc1ccccc1)Cc1ccccc1)C(C)C. The summed E-state index contributed by atoms with van der Waals surface area (Å²) in [5.74, 6) is -2.16. The zero-order chi connectivity index (χ0) is 44.7. The lowest BCUT2D eigenvalue weighted by molar-refractivity contribution is -0.156. The first-order chi connectivity index (χ1) is 30.5. The number of nitrogens with zero attached hydrogens (tertiary/aromatic N) is 3. The van der Waals surface area contributed by atoms with Gasteiger partial charge in [0.25, 0.3) is 0 Å². The van der Waals surface area contributed by atoms with Crippen molar-refractivity contribution in [3.63, 3.8) is 0 Å². The molecular formula is C50H68N6O7. The van der Waals surface area contributed by atoms with Crippen LogP contribution in [-0.2, 0) is 48.2 Å². The summed E-state index contributed by atoms with van der Waals surface area (Å²) in [4.78, 5) is 81.2. The summed E-state index contributed by atoms with van der Waals surface area (Å²) in [6.07, 6.45) is 13.2. The molecule has 1 aliphatic carbocycles. The van der Waals surface area contributed by atoms with Gasteiger partial charge in [-0.1, -0.05) is 113 Å². The summed E-state index contributed by atoms with van der Waals surface area (Å²) in [5, 5.41) is 17.9. The molecule has 3 heterocycles. The predicted molar refractivity (Wildman–Crippen MR) is 240 cm³/mol. The van der Waals surface area contributed by atoms with Gasteiger partial charge in [0.15, 0.2) is 0 Å². The first kappa shape index (κ1) is 47.2. The molecule has 4 amide bonds. The Morgan fingerprint density at radius 2 is 1.51 bits per heavy atom. The van der Waals surface area contributed by atoms with Gasteiger partial charge in [-0.25, -0.2) is 9.78 Å². The number of carbonyl (C=O) groups excluding carboxylic acids is 5. The van der Waals surface area contributed by atoms with Crippen LogP contribution < -0.4 is 10.6 Å². The summed E-state index contributed by atoms with van der Waals surface area (Å²) in [5.41, 5.74) is 2.28. The van der Waals surface area contributed by atoms with Gasteiger partial charge in [-0.15, -0.1) is 6.58 Å². The van der Waals surface area contributed by atoms with Crippen LogP contribution in [0.25, 0.3) is 0 Å². The normalized spacial score (nSPS) is 20.4. The van der Waals surface area contributed by atoms with E-state index in [2.05, 4.69) is 41.0 Å². The molecule has 7 atom stereocenters. The minimum absolute atomic E-state index is 0.0605. The monoisotopic (exact) mass is 865 g/mol. The van der Waals surface area contributed by atoms with Crippen molar-refractivity contribution in [1.29, 1.82) is 0 Å². The van der Waals surface area contributed by atoms with E-state index in [0.717, 1.165) is 36.8 Å². The Kier molecular flexibility index (Phi) is 17.5. The molecule has 0 radical (unpaired) electrons. The highest BCUT2D eigenvalue weighted by Crippen LogP contribution is 2.31. The molecule has 4 N–H and O–H groups in total. The van der Waals surface area contributed by atoms with E-state index in [-0.39, 0.29) is 49.5 Å². The number of likely N-dealkylation sites (tertiary alicyclic amines) is 2. The molecule has 0 spiro atoms. The number of ether oxygens (including phenoxy) is 1. The Hall–Kier alpha value is -5.30. The van der Waals surface area contributed by atoms with Crippen molar-refractivity contribution < 1.29 is 33.8 Å². The highest BCUT2D eigenvalue weighted by molar-refractivity contribution is 5.94. The van der Waals surface area contributed by atoms with Crippen molar-refractivity contribution in [3.05, 3.63) is 103 Å². The molecule has 0 bridgehead atoms. The van der Waals surface area contributed by atoms with Crippen LogP contribution in [0.2, 0.25) is 0 Å². The van der Waals surface area contributed by atoms with Gasteiger partial charge in [-0.2, -0.15) is 0 Å². The fourth-order valence-electron chi connectivity index (χ4n) is 9.67. The number of imidazole rings is 1. The lowest BCUT2D eigenvalue weighted by Gasteiger charge is -2.33. The molecule has 340 valence electrons. The number of aromatic amines is 1. The molecular weight excluding hydrogens is 797 g/mol. The van der Waals surface area contributed by atoms with Crippen LogP contribution in [0.1, 0.15) is 108 Å². The van der Waals surface area contributed by atoms with E-state index < -0.39 is 54.0 Å². The van der Waals surface area contributed by atoms with E-state index in [9.17, 15) is 29.1 Å². The van der Waals surface area contributed by atoms with Crippen LogP contribution >= 0.6 is 0 Å². The van der Waals surface area contributed by atoms with Crippen molar-refractivity contribution in [3.8, 4) is 0 Å². The maximum absolute atomic E-state index is 14.6. The maximum Gasteiger partial charge on any atom is 0.329 e. The fourth-order valence-corrected chi connectivity index (χ4v) is 9.67. The number of benzene rings is 2. The van der Waals surface area contributed by atoms with Crippen LogP contribution in [0.15, 0.2) is 85.8 Å². The lowest BCUT2D eigenvalue weighted by Crippen LogP contribution is -2.55. The average Bonchev–Trinajstić information content (AvgIpc) is 4.11. The number of hydrogen-bond donors (Lipinski definition) is 4. The first-order valence-corrected chi connectivity index (χ1v) is 23.2. The molecule has 1 aromatic heterocycles. The zero-order valence-electron chi connectivity index (χ0n) is 37.2. The number of carbonyl (C=O) groups is 5. The molecule has 0 unspecified atom stereocenters. The van der Waals surface area contributed by atoms with E-state index in [1.165, 1.54) is 12.7 Å². The number of nitrogens with one attached hydrogen (secondary N) is 3. The Morgan fingerprint density at radius 3 is 2.16 bits per heavy atom. The Labute approximate surface area is 372 Å². The number of rotatable bonds is 21. The second-order valence-corrected chi connectivity index (χ2v) is 18.2. The van der Waals surface area contributed by atoms with Crippen LogP contribution in [0.3, 0.4) is 0 Å². The number of H-pyrrole nitrogens is 1. The summed E-state index contributed by atoms with van der Waals surface area (Å²) in [6, 6.07) is 15.7. The largest absolute Gasteiger partial charge is 0.459 e. The number of aromatic nitrogens is 2. The van der Waals surface area contributed by atoms with Gasteiger partial charge in [-0.3, -0.25) is 19.2 Å². The molecule has 13 heteroatoms. The van der Waals surface area contributed by atoms with Gasteiger partial charge in [0.1, 0.15) is 24.7 Å². The molecule has 13 nitrogen and oxygen atoms in total. The van der Waals surface area contributed by atoms with Gasteiger partial charge >= 0.3 is 5.97 Å². The van der Waals surface area contributed by atoms with Crippen LogP contribution in [0, 0.1) is 23.7 Å². The van der Waals surface area contributed by atoms with Crippen LogP contribution in [0.4, 0.5) is 0 Å². The Balaban J connectivity index is 1.17. The van der Waals surface area contributed by atoms with Gasteiger partial charge in [0.05, 0.1) is 30.1 Å². The summed E-state index contributed by atoms with van der Waals surface area (Å²) in [6.45, 7) is 9.05. The van der Waals surface area contributed by atoms with Gasteiger partial charge < -0.3 is 35.3 Å². The van der Waals surface area contributed by atoms with Crippen molar-refractivity contribution in [2.24, 2.45) is 23.7 Å². The van der Waals surface area contributed by atoms with E-state index >= 15 is 0 Å². The molecule has 6 rings (SSSR count). The smallest absolute Gasteiger partial charge is 0.329 e. The Morgan fingerprint density at radius 1 is 0.841 bits per heavy atom. The minimum Gasteiger partial charge on any atom is -0.459 e. The number of aliphatic hydroxyl groups is 1. The van der Waals surface area contributed by atoms with Gasteiger partial charge in [-0.05, 0) is 73.8 Å². The van der Waals surface area contributed by atoms with E-state index in [0.29, 0.717) is 63.2 Å². The molecule has 1 saturated carbocycles. The van der Waals surface area contributed by atoms with Crippen molar-refractivity contribution in [2.45, 2.75) is 141 Å². The summed E-state index contributed by atoms with van der Waals surface area (Å²) >= 11 is 0. The highest BCUT2D eigenvalue weighted by atomic mass is 16.5. The molecule has 2 saturated heterocycles. The third-order valence-corrected chi connectivity index (χ3v) is 13.4. The molecule has 2 aliphatic heterocycles. The number of esters is 1. The maximum atomic E-state index is 14.6. The van der Waals surface area contributed by atoms with Crippen molar-refractivity contribution >= 4 is 29.6 Å². The fraction of sp³-hybridized carbons (Fsp3) is 0.560. The first-order valence-electron chi connectivity index (χ1n) is 23.2.